The number of benzene rings is 2. The van der Waals surface area contributed by atoms with E-state index in [1.54, 1.807) is 32.6 Å². The number of nitrogens with one attached hydrogen (secondary N) is 2. The van der Waals surface area contributed by atoms with Crippen molar-refractivity contribution >= 4 is 35.5 Å². The van der Waals surface area contributed by atoms with E-state index in [0.717, 1.165) is 28.6 Å². The molecule has 0 aliphatic heterocycles. The van der Waals surface area contributed by atoms with Gasteiger partial charge in [0, 0.05) is 11.3 Å². The number of ether oxygens (including phenoxy) is 2. The Balaban J connectivity index is 1.55. The zero-order chi connectivity index (χ0) is 22.2. The summed E-state index contributed by atoms with van der Waals surface area (Å²) in [5.41, 5.74) is 5.14. The van der Waals surface area contributed by atoms with Crippen molar-refractivity contribution in [3.8, 4) is 11.5 Å². The molecule has 3 aromatic rings. The average molecular weight is 442 g/mol. The maximum absolute atomic E-state index is 12.3. The lowest BCUT2D eigenvalue weighted by Gasteiger charge is -2.09. The lowest BCUT2D eigenvalue weighted by molar-refractivity contribution is -0.113. The molecule has 4 N–H and O–H groups in total. The van der Waals surface area contributed by atoms with Gasteiger partial charge in [-0.05, 0) is 42.8 Å². The van der Waals surface area contributed by atoms with Crippen LogP contribution < -0.4 is 26.1 Å². The Morgan fingerprint density at radius 1 is 1.23 bits per heavy atom. The van der Waals surface area contributed by atoms with Crippen molar-refractivity contribution in [1.82, 2.24) is 14.9 Å². The summed E-state index contributed by atoms with van der Waals surface area (Å²) >= 11 is 1.16. The molecule has 1 heterocycles. The summed E-state index contributed by atoms with van der Waals surface area (Å²) < 4.78 is 11.7. The van der Waals surface area contributed by atoms with E-state index in [9.17, 15) is 4.79 Å². The Kier molecular flexibility index (Phi) is 7.33. The predicted octanol–water partition coefficient (Wildman–Crippen LogP) is 2.49. The van der Waals surface area contributed by atoms with Crippen LogP contribution in [0.4, 0.5) is 11.6 Å². The maximum Gasteiger partial charge on any atom is 0.264 e. The molecule has 0 aliphatic carbocycles. The second kappa shape index (κ2) is 10.3. The standard InChI is InChI=1S/C20H23N7O3S/c1-13-10-15(29-2)8-9-16(13)23-18(28)12-31-20-26-25-19(27(20)21)24-22-11-14-6-4-5-7-17(14)30-3/h4-11H,12,21H2,1-3H3,(H,23,28)(H,24,25)/b22-11+. The summed E-state index contributed by atoms with van der Waals surface area (Å²) in [5, 5.41) is 15.3. The third-order valence-corrected chi connectivity index (χ3v) is 5.15. The van der Waals surface area contributed by atoms with Crippen LogP contribution in [0.3, 0.4) is 0 Å². The number of aromatic nitrogens is 3. The van der Waals surface area contributed by atoms with Crippen molar-refractivity contribution in [2.75, 3.05) is 36.6 Å². The first-order valence-corrected chi connectivity index (χ1v) is 10.2. The van der Waals surface area contributed by atoms with Crippen LogP contribution in [-0.2, 0) is 4.79 Å². The van der Waals surface area contributed by atoms with Crippen LogP contribution in [0, 0.1) is 6.92 Å². The van der Waals surface area contributed by atoms with Crippen molar-refractivity contribution in [1.29, 1.82) is 0 Å². The van der Waals surface area contributed by atoms with Gasteiger partial charge >= 0.3 is 0 Å². The van der Waals surface area contributed by atoms with Gasteiger partial charge in [0.25, 0.3) is 5.95 Å². The Morgan fingerprint density at radius 2 is 2.03 bits per heavy atom. The highest BCUT2D eigenvalue weighted by molar-refractivity contribution is 7.99. The largest absolute Gasteiger partial charge is 0.497 e. The van der Waals surface area contributed by atoms with Crippen LogP contribution in [0.25, 0.3) is 0 Å². The van der Waals surface area contributed by atoms with E-state index >= 15 is 0 Å². The summed E-state index contributed by atoms with van der Waals surface area (Å²) in [6, 6.07) is 12.9. The van der Waals surface area contributed by atoms with Gasteiger partial charge in [-0.3, -0.25) is 4.79 Å². The van der Waals surface area contributed by atoms with Crippen LogP contribution in [-0.4, -0.2) is 47.0 Å². The number of nitrogen functional groups attached to an aromatic ring is 1. The molecule has 1 aromatic heterocycles. The Labute approximate surface area is 183 Å². The van der Waals surface area contributed by atoms with Crippen molar-refractivity contribution < 1.29 is 14.3 Å². The highest BCUT2D eigenvalue weighted by atomic mass is 32.2. The zero-order valence-corrected chi connectivity index (χ0v) is 18.1. The molecular weight excluding hydrogens is 418 g/mol. The van der Waals surface area contributed by atoms with E-state index in [0.29, 0.717) is 16.6 Å². The lowest BCUT2D eigenvalue weighted by Crippen LogP contribution is -2.17. The van der Waals surface area contributed by atoms with Crippen LogP contribution >= 0.6 is 11.8 Å². The Hall–Kier alpha value is -3.73. The number of aryl methyl sites for hydroxylation is 1. The number of rotatable bonds is 9. The number of nitrogens with two attached hydrogens (primary N) is 1. The number of hydrazone groups is 1. The molecule has 10 nitrogen and oxygen atoms in total. The van der Waals surface area contributed by atoms with Gasteiger partial charge in [-0.2, -0.15) is 5.10 Å². The molecule has 0 atom stereocenters. The molecule has 3 rings (SSSR count). The molecule has 2 aromatic carbocycles. The van der Waals surface area contributed by atoms with E-state index in [2.05, 4.69) is 26.0 Å². The van der Waals surface area contributed by atoms with Crippen LogP contribution in [0.5, 0.6) is 11.5 Å². The molecule has 0 fully saturated rings. The first-order chi connectivity index (χ1) is 15.0. The van der Waals surface area contributed by atoms with Gasteiger partial charge in [0.15, 0.2) is 0 Å². The molecule has 0 aliphatic rings. The fourth-order valence-electron chi connectivity index (χ4n) is 2.60. The van der Waals surface area contributed by atoms with Gasteiger partial charge < -0.3 is 20.6 Å². The number of para-hydroxylation sites is 1. The van der Waals surface area contributed by atoms with E-state index in [4.69, 9.17) is 15.3 Å². The molecule has 0 bridgehead atoms. The van der Waals surface area contributed by atoms with Gasteiger partial charge in [-0.15, -0.1) is 10.2 Å². The fraction of sp³-hybridized carbons (Fsp3) is 0.200. The maximum atomic E-state index is 12.3. The third-order valence-electron chi connectivity index (χ3n) is 4.21. The smallest absolute Gasteiger partial charge is 0.264 e. The van der Waals surface area contributed by atoms with Crippen molar-refractivity contribution in [2.24, 2.45) is 5.10 Å². The number of methoxy groups -OCH3 is 2. The molecule has 0 saturated carbocycles. The van der Waals surface area contributed by atoms with Gasteiger partial charge in [0.05, 0.1) is 26.2 Å². The molecule has 11 heteroatoms. The predicted molar refractivity (Wildman–Crippen MR) is 121 cm³/mol. The van der Waals surface area contributed by atoms with Crippen molar-refractivity contribution in [3.63, 3.8) is 0 Å². The van der Waals surface area contributed by atoms with Crippen LogP contribution in [0.1, 0.15) is 11.1 Å². The SMILES string of the molecule is COc1ccc(NC(=O)CSc2nnc(N/N=C/c3ccccc3OC)n2N)c(C)c1. The molecule has 0 unspecified atom stereocenters. The number of hydrogen-bond donors (Lipinski definition) is 3. The van der Waals surface area contributed by atoms with Gasteiger partial charge in [-0.25, -0.2) is 10.1 Å². The monoisotopic (exact) mass is 441 g/mol. The van der Waals surface area contributed by atoms with Gasteiger partial charge in [0.2, 0.25) is 11.1 Å². The molecule has 0 saturated heterocycles. The van der Waals surface area contributed by atoms with E-state index in [-0.39, 0.29) is 17.6 Å². The topological polar surface area (TPSA) is 129 Å². The molecule has 0 spiro atoms. The lowest BCUT2D eigenvalue weighted by atomic mass is 10.2. The first-order valence-electron chi connectivity index (χ1n) is 9.21. The molecule has 162 valence electrons. The summed E-state index contributed by atoms with van der Waals surface area (Å²) in [7, 11) is 3.19. The van der Waals surface area contributed by atoms with E-state index in [1.807, 2.05) is 37.3 Å². The zero-order valence-electron chi connectivity index (χ0n) is 17.3. The second-order valence-electron chi connectivity index (χ2n) is 6.31. The minimum atomic E-state index is -0.190. The van der Waals surface area contributed by atoms with E-state index in [1.165, 1.54) is 4.68 Å². The third kappa shape index (κ3) is 5.66. The summed E-state index contributed by atoms with van der Waals surface area (Å²) in [6.45, 7) is 1.89. The average Bonchev–Trinajstić information content (AvgIpc) is 3.13. The highest BCUT2D eigenvalue weighted by Crippen LogP contribution is 2.22. The normalized spacial score (nSPS) is 10.8. The Bertz CT molecular complexity index is 1080. The van der Waals surface area contributed by atoms with Crippen LogP contribution in [0.15, 0.2) is 52.7 Å². The van der Waals surface area contributed by atoms with E-state index < -0.39 is 0 Å². The van der Waals surface area contributed by atoms with Crippen LogP contribution in [0.2, 0.25) is 0 Å². The summed E-state index contributed by atoms with van der Waals surface area (Å²) in [5.74, 6) is 7.58. The number of amides is 1. The molecule has 1 amide bonds. The number of nitrogens with zero attached hydrogens (tertiary/aromatic N) is 4. The second-order valence-corrected chi connectivity index (χ2v) is 7.25. The number of thioether (sulfide) groups is 1. The fourth-order valence-corrected chi connectivity index (χ4v) is 3.26. The number of hydrogen-bond acceptors (Lipinski definition) is 9. The summed E-state index contributed by atoms with van der Waals surface area (Å²) in [6.07, 6.45) is 1.59. The van der Waals surface area contributed by atoms with Crippen molar-refractivity contribution in [3.05, 3.63) is 53.6 Å². The summed E-state index contributed by atoms with van der Waals surface area (Å²) in [4.78, 5) is 12.3. The van der Waals surface area contributed by atoms with Gasteiger partial charge in [0.1, 0.15) is 11.5 Å². The van der Waals surface area contributed by atoms with Crippen molar-refractivity contribution in [2.45, 2.75) is 12.1 Å². The number of anilines is 2. The Morgan fingerprint density at radius 3 is 2.77 bits per heavy atom. The first kappa shape index (κ1) is 22.0. The highest BCUT2D eigenvalue weighted by Gasteiger charge is 2.13. The minimum Gasteiger partial charge on any atom is -0.497 e. The molecular formula is C20H23N7O3S. The molecule has 31 heavy (non-hydrogen) atoms. The minimum absolute atomic E-state index is 0.116. The number of carbonyl (C=O) groups excluding carboxylic acids is 1. The molecule has 0 radical (unpaired) electrons. The number of carbonyl (C=O) groups is 1. The quantitative estimate of drug-likeness (QED) is 0.200. The van der Waals surface area contributed by atoms with Gasteiger partial charge in [-0.1, -0.05) is 23.9 Å².